The normalized spacial score (nSPS) is 10.0. The number of aromatic amines is 1. The van der Waals surface area contributed by atoms with Crippen molar-refractivity contribution in [2.45, 2.75) is 6.92 Å². The molecule has 2 aromatic rings. The van der Waals surface area contributed by atoms with Gasteiger partial charge in [0, 0.05) is 10.7 Å². The molecule has 1 aromatic heterocycles. The number of H-pyrrole nitrogens is 1. The molecule has 120 valence electrons. The highest BCUT2D eigenvalue weighted by Gasteiger charge is 2.13. The highest BCUT2D eigenvalue weighted by atomic mass is 35.5. The van der Waals surface area contributed by atoms with E-state index in [0.717, 1.165) is 5.69 Å². The fraction of sp³-hybridized carbons (Fsp3) is 0.0769. The number of aromatic nitrogens is 2. The Labute approximate surface area is 146 Å². The molecule has 1 aromatic carbocycles. The maximum atomic E-state index is 12.0. The lowest BCUT2D eigenvalue weighted by Gasteiger charge is -2.10. The third-order valence-corrected chi connectivity index (χ3v) is 3.38. The Balaban J connectivity index is 1.89. The second-order valence-electron chi connectivity index (χ2n) is 4.42. The van der Waals surface area contributed by atoms with Gasteiger partial charge in [-0.05, 0) is 43.4 Å². The van der Waals surface area contributed by atoms with Crippen LogP contribution >= 0.6 is 35.4 Å². The SMILES string of the molecule is Cc1cc(C(=O)NNC(=S)NC(=O)c2ccc(Cl)cc2Cl)n[nH]1. The van der Waals surface area contributed by atoms with Crippen molar-refractivity contribution in [1.82, 2.24) is 26.4 Å². The lowest BCUT2D eigenvalue weighted by atomic mass is 10.2. The number of thiocarbonyl (C=S) groups is 1. The van der Waals surface area contributed by atoms with Crippen LogP contribution in [0.2, 0.25) is 10.0 Å². The first-order valence-corrected chi connectivity index (χ1v) is 7.42. The number of nitrogens with zero attached hydrogens (tertiary/aromatic N) is 1. The summed E-state index contributed by atoms with van der Waals surface area (Å²) >= 11 is 16.6. The Bertz CT molecular complexity index is 777. The molecule has 0 fully saturated rings. The minimum absolute atomic E-state index is 0.0957. The van der Waals surface area contributed by atoms with E-state index in [2.05, 4.69) is 26.4 Å². The van der Waals surface area contributed by atoms with Crippen molar-refractivity contribution in [3.05, 3.63) is 51.3 Å². The van der Waals surface area contributed by atoms with E-state index in [9.17, 15) is 9.59 Å². The quantitative estimate of drug-likeness (QED) is 0.477. The number of benzene rings is 1. The molecule has 4 N–H and O–H groups in total. The fourth-order valence-corrected chi connectivity index (χ4v) is 2.23. The first-order valence-electron chi connectivity index (χ1n) is 6.25. The molecular weight excluding hydrogens is 361 g/mol. The molecule has 7 nitrogen and oxygen atoms in total. The third-order valence-electron chi connectivity index (χ3n) is 2.63. The van der Waals surface area contributed by atoms with E-state index in [1.165, 1.54) is 18.2 Å². The standard InChI is InChI=1S/C13H11Cl2N5O2S/c1-6-4-10(18-17-6)12(22)19-20-13(23)16-11(21)8-3-2-7(14)5-9(8)15/h2-5H,1H3,(H,17,18)(H,19,22)(H2,16,20,21,23). The molecule has 0 bridgehead atoms. The zero-order chi connectivity index (χ0) is 17.0. The molecule has 2 rings (SSSR count). The van der Waals surface area contributed by atoms with Crippen molar-refractivity contribution in [3.63, 3.8) is 0 Å². The molecule has 0 spiro atoms. The van der Waals surface area contributed by atoms with Crippen LogP contribution < -0.4 is 16.2 Å². The molecule has 0 saturated carbocycles. The minimum Gasteiger partial charge on any atom is -0.298 e. The molecule has 1 heterocycles. The Morgan fingerprint density at radius 2 is 1.91 bits per heavy atom. The number of rotatable bonds is 2. The average molecular weight is 372 g/mol. The molecule has 23 heavy (non-hydrogen) atoms. The molecule has 0 saturated heterocycles. The van der Waals surface area contributed by atoms with Crippen LogP contribution in [-0.2, 0) is 0 Å². The van der Waals surface area contributed by atoms with Crippen LogP contribution in [-0.4, -0.2) is 27.1 Å². The van der Waals surface area contributed by atoms with E-state index in [1.54, 1.807) is 13.0 Å². The average Bonchev–Trinajstić information content (AvgIpc) is 2.91. The first kappa shape index (κ1) is 17.2. The molecule has 0 aliphatic carbocycles. The van der Waals surface area contributed by atoms with Crippen molar-refractivity contribution in [3.8, 4) is 0 Å². The number of hydrazine groups is 1. The van der Waals surface area contributed by atoms with Gasteiger partial charge in [0.25, 0.3) is 11.8 Å². The lowest BCUT2D eigenvalue weighted by Crippen LogP contribution is -2.48. The number of carbonyl (C=O) groups is 2. The molecule has 0 aliphatic rings. The van der Waals surface area contributed by atoms with E-state index in [0.29, 0.717) is 5.02 Å². The monoisotopic (exact) mass is 371 g/mol. The van der Waals surface area contributed by atoms with Crippen LogP contribution in [0.5, 0.6) is 0 Å². The molecule has 2 amide bonds. The largest absolute Gasteiger partial charge is 0.298 e. The van der Waals surface area contributed by atoms with Gasteiger partial charge in [-0.15, -0.1) is 0 Å². The first-order chi connectivity index (χ1) is 10.9. The van der Waals surface area contributed by atoms with Crippen molar-refractivity contribution in [1.29, 1.82) is 0 Å². The number of halogens is 2. The summed E-state index contributed by atoms with van der Waals surface area (Å²) in [5.74, 6) is -1.04. The van der Waals surface area contributed by atoms with Crippen LogP contribution in [0.15, 0.2) is 24.3 Å². The van der Waals surface area contributed by atoms with Gasteiger partial charge < -0.3 is 0 Å². The number of aryl methyl sites for hydroxylation is 1. The molecular formula is C13H11Cl2N5O2S. The molecule has 0 atom stereocenters. The minimum atomic E-state index is -0.533. The maximum absolute atomic E-state index is 12.0. The number of hydrogen-bond acceptors (Lipinski definition) is 4. The van der Waals surface area contributed by atoms with Crippen LogP contribution in [0.25, 0.3) is 0 Å². The zero-order valence-electron chi connectivity index (χ0n) is 11.7. The van der Waals surface area contributed by atoms with Crippen molar-refractivity contribution < 1.29 is 9.59 Å². The van der Waals surface area contributed by atoms with Gasteiger partial charge >= 0.3 is 0 Å². The third kappa shape index (κ3) is 4.65. The number of amides is 2. The summed E-state index contributed by atoms with van der Waals surface area (Å²) in [6, 6.07) is 6.00. The Kier molecular flexibility index (Phi) is 5.54. The molecule has 10 heteroatoms. The van der Waals surface area contributed by atoms with E-state index >= 15 is 0 Å². The lowest BCUT2D eigenvalue weighted by molar-refractivity contribution is 0.0930. The van der Waals surface area contributed by atoms with Crippen molar-refractivity contribution >= 4 is 52.3 Å². The van der Waals surface area contributed by atoms with Crippen molar-refractivity contribution in [2.24, 2.45) is 0 Å². The van der Waals surface area contributed by atoms with Gasteiger partial charge in [0.05, 0.1) is 10.6 Å². The molecule has 0 radical (unpaired) electrons. The summed E-state index contributed by atoms with van der Waals surface area (Å²) in [5.41, 5.74) is 5.84. The van der Waals surface area contributed by atoms with E-state index in [-0.39, 0.29) is 21.4 Å². The highest BCUT2D eigenvalue weighted by molar-refractivity contribution is 7.80. The molecule has 0 aliphatic heterocycles. The van der Waals surface area contributed by atoms with Gasteiger partial charge in [0.2, 0.25) is 0 Å². The summed E-state index contributed by atoms with van der Waals surface area (Å²) in [6.07, 6.45) is 0. The van der Waals surface area contributed by atoms with E-state index < -0.39 is 11.8 Å². The highest BCUT2D eigenvalue weighted by Crippen LogP contribution is 2.20. The van der Waals surface area contributed by atoms with E-state index in [4.69, 9.17) is 35.4 Å². The smallest absolute Gasteiger partial charge is 0.290 e. The predicted octanol–water partition coefficient (Wildman–Crippen LogP) is 1.97. The summed E-state index contributed by atoms with van der Waals surface area (Å²) < 4.78 is 0. The topological polar surface area (TPSA) is 98.9 Å². The fourth-order valence-electron chi connectivity index (χ4n) is 1.59. The van der Waals surface area contributed by atoms with Crippen molar-refractivity contribution in [2.75, 3.05) is 0 Å². The summed E-state index contributed by atoms with van der Waals surface area (Å²) in [6.45, 7) is 1.76. The number of carbonyl (C=O) groups excluding carboxylic acids is 2. The van der Waals surface area contributed by atoms with Crippen LogP contribution in [0.1, 0.15) is 26.5 Å². The van der Waals surface area contributed by atoms with Gasteiger partial charge in [-0.1, -0.05) is 23.2 Å². The molecule has 0 unspecified atom stereocenters. The van der Waals surface area contributed by atoms with Gasteiger partial charge in [-0.25, -0.2) is 0 Å². The van der Waals surface area contributed by atoms with Gasteiger partial charge in [0.1, 0.15) is 0 Å². The second-order valence-corrected chi connectivity index (χ2v) is 5.67. The van der Waals surface area contributed by atoms with Gasteiger partial charge in [-0.3, -0.25) is 30.9 Å². The van der Waals surface area contributed by atoms with Crippen LogP contribution in [0.3, 0.4) is 0 Å². The van der Waals surface area contributed by atoms with Gasteiger partial charge in [0.15, 0.2) is 10.8 Å². The summed E-state index contributed by atoms with van der Waals surface area (Å²) in [7, 11) is 0. The van der Waals surface area contributed by atoms with E-state index in [1.807, 2.05) is 0 Å². The number of hydrogen-bond donors (Lipinski definition) is 4. The Morgan fingerprint density at radius 1 is 1.17 bits per heavy atom. The van der Waals surface area contributed by atoms with Crippen LogP contribution in [0, 0.1) is 6.92 Å². The summed E-state index contributed by atoms with van der Waals surface area (Å²) in [4.78, 5) is 23.8. The van der Waals surface area contributed by atoms with Crippen LogP contribution in [0.4, 0.5) is 0 Å². The summed E-state index contributed by atoms with van der Waals surface area (Å²) in [5, 5.41) is 9.30. The second kappa shape index (κ2) is 7.40. The number of nitrogens with one attached hydrogen (secondary N) is 4. The Morgan fingerprint density at radius 3 is 2.52 bits per heavy atom. The Hall–Kier alpha value is -2.16. The zero-order valence-corrected chi connectivity index (χ0v) is 14.1. The predicted molar refractivity (Wildman–Crippen MR) is 90.5 cm³/mol. The maximum Gasteiger partial charge on any atom is 0.290 e. The van der Waals surface area contributed by atoms with Gasteiger partial charge in [-0.2, -0.15) is 5.10 Å².